The number of ether oxygens (including phenoxy) is 1. The summed E-state index contributed by atoms with van der Waals surface area (Å²) in [6.45, 7) is 2.09. The predicted octanol–water partition coefficient (Wildman–Crippen LogP) is 4.50. The van der Waals surface area contributed by atoms with Crippen molar-refractivity contribution in [1.29, 1.82) is 0 Å². The largest absolute Gasteiger partial charge is 0.507 e. The van der Waals surface area contributed by atoms with Crippen molar-refractivity contribution in [1.82, 2.24) is 28.0 Å². The van der Waals surface area contributed by atoms with Gasteiger partial charge in [0.1, 0.15) is 23.7 Å². The van der Waals surface area contributed by atoms with Gasteiger partial charge >= 0.3 is 17.6 Å². The summed E-state index contributed by atoms with van der Waals surface area (Å²) in [6, 6.07) is 41.3. The van der Waals surface area contributed by atoms with E-state index in [1.54, 1.807) is 77.9 Å². The minimum absolute atomic E-state index is 0.0104. The predicted molar refractivity (Wildman–Crippen MR) is 246 cm³/mol. The van der Waals surface area contributed by atoms with E-state index in [-0.39, 0.29) is 46.0 Å². The molecule has 8 aromatic rings. The van der Waals surface area contributed by atoms with Crippen LogP contribution < -0.4 is 22.5 Å². The van der Waals surface area contributed by atoms with Crippen LogP contribution >= 0.6 is 0 Å². The van der Waals surface area contributed by atoms with Crippen molar-refractivity contribution in [3.63, 3.8) is 0 Å². The number of hydrogen-bond acceptors (Lipinski definition) is 11. The van der Waals surface area contributed by atoms with Crippen LogP contribution in [0.2, 0.25) is 0 Å². The lowest BCUT2D eigenvalue weighted by atomic mass is 10.1. The number of esters is 1. The van der Waals surface area contributed by atoms with Crippen LogP contribution in [-0.4, -0.2) is 66.3 Å². The Morgan fingerprint density at radius 1 is 0.697 bits per heavy atom. The molecule has 8 rings (SSSR count). The molecule has 342 valence electrons. The third-order valence-electron chi connectivity index (χ3n) is 9.54. The van der Waals surface area contributed by atoms with E-state index < -0.39 is 23.9 Å². The van der Waals surface area contributed by atoms with Gasteiger partial charge in [-0.05, 0) is 54.4 Å². The van der Waals surface area contributed by atoms with Gasteiger partial charge in [-0.1, -0.05) is 103 Å². The molecule has 3 aromatic heterocycles. The van der Waals surface area contributed by atoms with Gasteiger partial charge in [0.25, 0.3) is 17.0 Å². The van der Waals surface area contributed by atoms with E-state index in [1.807, 2.05) is 85.4 Å². The Morgan fingerprint density at radius 2 is 1.20 bits per heavy atom. The molecule has 0 aliphatic rings. The van der Waals surface area contributed by atoms with E-state index in [2.05, 4.69) is 4.98 Å². The highest BCUT2D eigenvalue weighted by Crippen LogP contribution is 2.16. The van der Waals surface area contributed by atoms with Gasteiger partial charge in [-0.15, -0.1) is 0 Å². The SMILES string of the molecule is Cc1cc(=O)n(-c2ccccc2)n1C.Cn1c(=O)c2c(ncn2C)n(C)c1=O.NC(=O)c1ccccc1O.O=C(O)c1ccccc1O.O=C(OCc1ccccc1)C(O)c1ccccc1. The van der Waals surface area contributed by atoms with Crippen LogP contribution in [0.25, 0.3) is 16.9 Å². The highest BCUT2D eigenvalue weighted by atomic mass is 16.5. The van der Waals surface area contributed by atoms with Gasteiger partial charge in [0.15, 0.2) is 17.3 Å². The Balaban J connectivity index is 0.000000184. The van der Waals surface area contributed by atoms with Gasteiger partial charge < -0.3 is 35.5 Å². The van der Waals surface area contributed by atoms with Gasteiger partial charge in [0.2, 0.25) is 0 Å². The molecule has 18 heteroatoms. The topological polar surface area (TPSA) is 256 Å². The fourth-order valence-corrected chi connectivity index (χ4v) is 5.90. The first-order valence-electron chi connectivity index (χ1n) is 19.8. The molecule has 0 bridgehead atoms. The summed E-state index contributed by atoms with van der Waals surface area (Å²) in [5, 5.41) is 36.1. The number of fused-ring (bicyclic) bond motifs is 1. The smallest absolute Gasteiger partial charge is 0.339 e. The van der Waals surface area contributed by atoms with Gasteiger partial charge in [-0.2, -0.15) is 0 Å². The molecule has 0 spiro atoms. The Labute approximate surface area is 377 Å². The molecule has 1 atom stereocenters. The summed E-state index contributed by atoms with van der Waals surface area (Å²) < 4.78 is 12.6. The maximum Gasteiger partial charge on any atom is 0.339 e. The number of rotatable bonds is 7. The number of imidazole rings is 1. The second-order valence-corrected chi connectivity index (χ2v) is 14.1. The van der Waals surface area contributed by atoms with Crippen LogP contribution in [0.4, 0.5) is 0 Å². The Bertz CT molecular complexity index is 3010. The minimum atomic E-state index is -1.23. The van der Waals surface area contributed by atoms with Crippen LogP contribution in [-0.2, 0) is 44.3 Å². The lowest BCUT2D eigenvalue weighted by molar-refractivity contribution is -0.155. The van der Waals surface area contributed by atoms with Gasteiger partial charge in [0.05, 0.1) is 17.6 Å². The molecule has 0 aliphatic heterocycles. The number of aromatic hydroxyl groups is 2. The molecule has 1 amide bonds. The molecule has 0 saturated heterocycles. The zero-order valence-electron chi connectivity index (χ0n) is 36.6. The summed E-state index contributed by atoms with van der Waals surface area (Å²) in [4.78, 5) is 71.1. The molecular weight excluding hydrogens is 851 g/mol. The molecule has 66 heavy (non-hydrogen) atoms. The zero-order chi connectivity index (χ0) is 48.5. The Hall–Kier alpha value is -8.77. The molecule has 0 aliphatic carbocycles. The number of aromatic nitrogens is 6. The summed E-state index contributed by atoms with van der Waals surface area (Å²) >= 11 is 0. The number of carbonyl (C=O) groups excluding carboxylic acids is 2. The minimum Gasteiger partial charge on any atom is -0.507 e. The number of aromatic carboxylic acids is 1. The van der Waals surface area contributed by atoms with E-state index >= 15 is 0 Å². The number of aliphatic hydroxyl groups is 1. The molecule has 18 nitrogen and oxygen atoms in total. The standard InChI is InChI=1S/C15H14O3.C11H12N2O.C8H10N4O2.C7H7NO2.C7H6O3/c16-14(13-9-5-2-6-10-13)15(17)18-11-12-7-3-1-4-8-12;1-9-8-11(14)13(12(9)2)10-6-4-3-5-7-10;1-10-4-9-6-5(10)7(13)12(3)8(14)11(6)2;8-7(10)5-3-1-2-4-6(5)9;8-6-4-2-1-3-5(6)7(9)10/h1-10,14,16H,11H2;3-8H,1-2H3;4H,1-3H3;1-4,9H,(H2,8,10);1-4,8H,(H,9,10). The number of para-hydroxylation sites is 3. The molecule has 0 saturated carbocycles. The van der Waals surface area contributed by atoms with Crippen LogP contribution in [0.1, 0.15) is 43.6 Å². The van der Waals surface area contributed by atoms with Gasteiger partial charge in [-0.3, -0.25) is 28.2 Å². The number of phenols is 2. The fourth-order valence-electron chi connectivity index (χ4n) is 5.90. The van der Waals surface area contributed by atoms with Crippen molar-refractivity contribution in [2.45, 2.75) is 19.6 Å². The first kappa shape index (κ1) is 49.9. The average Bonchev–Trinajstić information content (AvgIpc) is 3.84. The molecule has 0 radical (unpaired) electrons. The molecule has 0 fully saturated rings. The Morgan fingerprint density at radius 3 is 1.67 bits per heavy atom. The van der Waals surface area contributed by atoms with Gasteiger partial charge in [0, 0.05) is 40.0 Å². The van der Waals surface area contributed by atoms with E-state index in [0.717, 1.165) is 21.5 Å². The maximum absolute atomic E-state index is 11.7. The Kier molecular flexibility index (Phi) is 17.8. The molecule has 3 heterocycles. The van der Waals surface area contributed by atoms with Crippen LogP contribution in [0.5, 0.6) is 11.5 Å². The van der Waals surface area contributed by atoms with Crippen LogP contribution in [0, 0.1) is 6.92 Å². The number of aliphatic hydroxyl groups excluding tert-OH is 1. The van der Waals surface area contributed by atoms with Crippen LogP contribution in [0.15, 0.2) is 166 Å². The summed E-state index contributed by atoms with van der Waals surface area (Å²) in [5.41, 5.74) is 8.48. The second-order valence-electron chi connectivity index (χ2n) is 14.1. The van der Waals surface area contributed by atoms with Crippen molar-refractivity contribution in [2.24, 2.45) is 33.9 Å². The third kappa shape index (κ3) is 13.1. The van der Waals surface area contributed by atoms with Gasteiger partial charge in [-0.25, -0.2) is 24.0 Å². The number of primary amides is 1. The van der Waals surface area contributed by atoms with E-state index in [9.17, 15) is 33.9 Å². The number of carbonyl (C=O) groups is 3. The summed E-state index contributed by atoms with van der Waals surface area (Å²) in [7, 11) is 6.65. The number of amides is 1. The van der Waals surface area contributed by atoms with Crippen molar-refractivity contribution in [3.05, 3.63) is 211 Å². The van der Waals surface area contributed by atoms with Crippen molar-refractivity contribution in [2.75, 3.05) is 0 Å². The van der Waals surface area contributed by atoms with E-state index in [0.29, 0.717) is 16.7 Å². The summed E-state index contributed by atoms with van der Waals surface area (Å²) in [6.07, 6.45) is 0.292. The lowest BCUT2D eigenvalue weighted by Crippen LogP contribution is -2.37. The normalized spacial score (nSPS) is 10.6. The number of nitrogens with zero attached hydrogens (tertiary/aromatic N) is 6. The molecule has 1 unspecified atom stereocenters. The van der Waals surface area contributed by atoms with E-state index in [1.165, 1.54) is 42.2 Å². The number of benzene rings is 5. The second kappa shape index (κ2) is 23.6. The number of aryl methyl sites for hydroxylation is 3. The number of carboxylic acid groups (broad SMARTS) is 1. The third-order valence-corrected chi connectivity index (χ3v) is 9.54. The first-order chi connectivity index (χ1) is 31.4. The number of nitrogens with two attached hydrogens (primary N) is 1. The molecule has 6 N–H and O–H groups in total. The molecule has 5 aromatic carbocycles. The summed E-state index contributed by atoms with van der Waals surface area (Å²) in [5.74, 6) is -2.63. The lowest BCUT2D eigenvalue weighted by Gasteiger charge is -2.10. The van der Waals surface area contributed by atoms with Crippen molar-refractivity contribution >= 4 is 29.0 Å². The highest BCUT2D eigenvalue weighted by molar-refractivity contribution is 5.95. The molecular formula is C48H49N7O11. The monoisotopic (exact) mass is 899 g/mol. The quantitative estimate of drug-likeness (QED) is 0.139. The average molecular weight is 900 g/mol. The van der Waals surface area contributed by atoms with E-state index in [4.69, 9.17) is 25.8 Å². The number of carboxylic acids is 1. The zero-order valence-corrected chi connectivity index (χ0v) is 36.6. The van der Waals surface area contributed by atoms with Crippen molar-refractivity contribution < 1.29 is 39.5 Å². The fraction of sp³-hybridized carbons (Fsp3) is 0.146. The first-order valence-corrected chi connectivity index (χ1v) is 19.8. The van der Waals surface area contributed by atoms with Crippen molar-refractivity contribution in [3.8, 4) is 17.2 Å². The highest BCUT2D eigenvalue weighted by Gasteiger charge is 2.18. The number of hydrogen-bond donors (Lipinski definition) is 5. The van der Waals surface area contributed by atoms with Crippen LogP contribution in [0.3, 0.4) is 0 Å². The maximum atomic E-state index is 11.7.